The zero-order valence-corrected chi connectivity index (χ0v) is 14.8. The Morgan fingerprint density at radius 2 is 2.00 bits per heavy atom. The Hall–Kier alpha value is -1.75. The summed E-state index contributed by atoms with van der Waals surface area (Å²) >= 11 is 0. The Morgan fingerprint density at radius 3 is 2.88 bits per heavy atom. The van der Waals surface area contributed by atoms with Gasteiger partial charge in [-0.05, 0) is 57.2 Å². The highest BCUT2D eigenvalue weighted by atomic mass is 16.6. The second-order valence-corrected chi connectivity index (χ2v) is 7.35. The zero-order chi connectivity index (χ0) is 17.1. The SMILES string of the molecule is O=C(CCC1CCNCC1)N1CCCC1c1cccc2c1OCCO2. The highest BCUT2D eigenvalue weighted by Gasteiger charge is 2.33. The van der Waals surface area contributed by atoms with E-state index in [4.69, 9.17) is 9.47 Å². The molecule has 1 aromatic rings. The van der Waals surface area contributed by atoms with E-state index in [1.165, 1.54) is 12.8 Å². The molecule has 1 unspecified atom stereocenters. The number of para-hydroxylation sites is 1. The summed E-state index contributed by atoms with van der Waals surface area (Å²) in [6, 6.07) is 6.20. The molecule has 4 rings (SSSR count). The van der Waals surface area contributed by atoms with E-state index in [2.05, 4.69) is 16.3 Å². The molecule has 0 aromatic heterocycles. The minimum Gasteiger partial charge on any atom is -0.486 e. The lowest BCUT2D eigenvalue weighted by molar-refractivity contribution is -0.132. The van der Waals surface area contributed by atoms with Crippen molar-refractivity contribution >= 4 is 5.91 Å². The lowest BCUT2D eigenvalue weighted by Crippen LogP contribution is -2.32. The Bertz CT molecular complexity index is 613. The summed E-state index contributed by atoms with van der Waals surface area (Å²) in [5, 5.41) is 3.39. The normalized spacial score (nSPS) is 23.7. The molecule has 136 valence electrons. The average Bonchev–Trinajstić information content (AvgIpc) is 3.16. The molecular weight excluding hydrogens is 316 g/mol. The first-order valence-corrected chi connectivity index (χ1v) is 9.71. The van der Waals surface area contributed by atoms with Gasteiger partial charge in [0.05, 0.1) is 6.04 Å². The third kappa shape index (κ3) is 3.61. The second kappa shape index (κ2) is 7.65. The fourth-order valence-electron chi connectivity index (χ4n) is 4.39. The number of nitrogens with zero attached hydrogens (tertiary/aromatic N) is 1. The summed E-state index contributed by atoms with van der Waals surface area (Å²) in [7, 11) is 0. The van der Waals surface area contributed by atoms with Crippen LogP contribution >= 0.6 is 0 Å². The molecule has 1 atom stereocenters. The monoisotopic (exact) mass is 344 g/mol. The van der Waals surface area contributed by atoms with Gasteiger partial charge in [0.2, 0.25) is 5.91 Å². The molecule has 0 radical (unpaired) electrons. The van der Waals surface area contributed by atoms with Gasteiger partial charge in [-0.25, -0.2) is 0 Å². The van der Waals surface area contributed by atoms with Crippen LogP contribution in [0.15, 0.2) is 18.2 Å². The number of rotatable bonds is 4. The third-order valence-corrected chi connectivity index (χ3v) is 5.75. The van der Waals surface area contributed by atoms with Gasteiger partial charge in [0, 0.05) is 18.5 Å². The van der Waals surface area contributed by atoms with Crippen molar-refractivity contribution in [2.24, 2.45) is 5.92 Å². The third-order valence-electron chi connectivity index (χ3n) is 5.75. The molecule has 2 saturated heterocycles. The van der Waals surface area contributed by atoms with Gasteiger partial charge < -0.3 is 19.7 Å². The van der Waals surface area contributed by atoms with Crippen LogP contribution < -0.4 is 14.8 Å². The van der Waals surface area contributed by atoms with Gasteiger partial charge in [-0.1, -0.05) is 12.1 Å². The summed E-state index contributed by atoms with van der Waals surface area (Å²) in [5.74, 6) is 2.66. The van der Waals surface area contributed by atoms with E-state index >= 15 is 0 Å². The number of carbonyl (C=O) groups excluding carboxylic acids is 1. The molecule has 3 heterocycles. The molecule has 3 aliphatic heterocycles. The Labute approximate surface area is 149 Å². The number of piperidine rings is 1. The van der Waals surface area contributed by atoms with E-state index in [1.54, 1.807) is 0 Å². The zero-order valence-electron chi connectivity index (χ0n) is 14.8. The van der Waals surface area contributed by atoms with Crippen LogP contribution in [0, 0.1) is 5.92 Å². The largest absolute Gasteiger partial charge is 0.486 e. The molecule has 1 aromatic carbocycles. The minimum absolute atomic E-state index is 0.136. The number of hydrogen-bond donors (Lipinski definition) is 1. The van der Waals surface area contributed by atoms with Crippen molar-refractivity contribution in [3.8, 4) is 11.5 Å². The maximum Gasteiger partial charge on any atom is 0.223 e. The Balaban J connectivity index is 1.44. The number of fused-ring (bicyclic) bond motifs is 1. The van der Waals surface area contributed by atoms with Crippen LogP contribution in [-0.2, 0) is 4.79 Å². The van der Waals surface area contributed by atoms with Gasteiger partial charge in [0.25, 0.3) is 0 Å². The van der Waals surface area contributed by atoms with Crippen LogP contribution in [-0.4, -0.2) is 43.7 Å². The predicted octanol–water partition coefficient (Wildman–Crippen LogP) is 2.90. The van der Waals surface area contributed by atoms with Crippen LogP contribution in [0.5, 0.6) is 11.5 Å². The predicted molar refractivity (Wildman–Crippen MR) is 95.9 cm³/mol. The highest BCUT2D eigenvalue weighted by Crippen LogP contribution is 2.43. The molecule has 1 N–H and O–H groups in total. The number of ether oxygens (including phenoxy) is 2. The van der Waals surface area contributed by atoms with Crippen LogP contribution in [0.4, 0.5) is 0 Å². The van der Waals surface area contributed by atoms with E-state index < -0.39 is 0 Å². The molecule has 0 bridgehead atoms. The summed E-state index contributed by atoms with van der Waals surface area (Å²) < 4.78 is 11.6. The maximum absolute atomic E-state index is 12.9. The number of benzene rings is 1. The standard InChI is InChI=1S/C20H28N2O3/c23-19(7-6-15-8-10-21-11-9-15)22-12-2-4-17(22)16-3-1-5-18-20(16)25-14-13-24-18/h1,3,5,15,17,21H,2,4,6-14H2. The summed E-state index contributed by atoms with van der Waals surface area (Å²) in [6.45, 7) is 4.23. The van der Waals surface area contributed by atoms with Crippen LogP contribution in [0.25, 0.3) is 0 Å². The van der Waals surface area contributed by atoms with Crippen LogP contribution in [0.1, 0.15) is 50.1 Å². The van der Waals surface area contributed by atoms with E-state index in [-0.39, 0.29) is 6.04 Å². The minimum atomic E-state index is 0.136. The first-order valence-electron chi connectivity index (χ1n) is 9.71. The van der Waals surface area contributed by atoms with E-state index in [0.717, 1.165) is 56.0 Å². The highest BCUT2D eigenvalue weighted by molar-refractivity contribution is 5.77. The molecule has 5 nitrogen and oxygen atoms in total. The molecule has 2 fully saturated rings. The van der Waals surface area contributed by atoms with Gasteiger partial charge in [-0.3, -0.25) is 4.79 Å². The average molecular weight is 344 g/mol. The quantitative estimate of drug-likeness (QED) is 0.912. The van der Waals surface area contributed by atoms with Gasteiger partial charge in [0.1, 0.15) is 13.2 Å². The number of nitrogens with one attached hydrogen (secondary N) is 1. The Kier molecular flexibility index (Phi) is 5.11. The van der Waals surface area contributed by atoms with Gasteiger partial charge >= 0.3 is 0 Å². The van der Waals surface area contributed by atoms with Crippen molar-refractivity contribution in [2.75, 3.05) is 32.8 Å². The van der Waals surface area contributed by atoms with Crippen molar-refractivity contribution in [3.63, 3.8) is 0 Å². The fraction of sp³-hybridized carbons (Fsp3) is 0.650. The topological polar surface area (TPSA) is 50.8 Å². The molecule has 3 aliphatic rings. The molecule has 5 heteroatoms. The lowest BCUT2D eigenvalue weighted by Gasteiger charge is -2.29. The van der Waals surface area contributed by atoms with Crippen LogP contribution in [0.3, 0.4) is 0 Å². The van der Waals surface area contributed by atoms with Gasteiger partial charge in [0.15, 0.2) is 11.5 Å². The summed E-state index contributed by atoms with van der Waals surface area (Å²) in [4.78, 5) is 15.0. The number of hydrogen-bond acceptors (Lipinski definition) is 4. The number of amides is 1. The maximum atomic E-state index is 12.9. The summed E-state index contributed by atoms with van der Waals surface area (Å²) in [6.07, 6.45) is 6.18. The first-order chi connectivity index (χ1) is 12.3. The lowest BCUT2D eigenvalue weighted by atomic mass is 9.93. The molecular formula is C20H28N2O3. The number of carbonyl (C=O) groups is 1. The molecule has 0 spiro atoms. The fourth-order valence-corrected chi connectivity index (χ4v) is 4.39. The molecule has 1 amide bonds. The number of likely N-dealkylation sites (tertiary alicyclic amines) is 1. The smallest absolute Gasteiger partial charge is 0.223 e. The van der Waals surface area contributed by atoms with Crippen LogP contribution in [0.2, 0.25) is 0 Å². The molecule has 0 aliphatic carbocycles. The van der Waals surface area contributed by atoms with Gasteiger partial charge in [-0.2, -0.15) is 0 Å². The summed E-state index contributed by atoms with van der Waals surface area (Å²) in [5.41, 5.74) is 1.12. The molecule has 0 saturated carbocycles. The second-order valence-electron chi connectivity index (χ2n) is 7.35. The van der Waals surface area contributed by atoms with Crippen molar-refractivity contribution in [1.82, 2.24) is 10.2 Å². The molecule has 25 heavy (non-hydrogen) atoms. The van der Waals surface area contributed by atoms with Crippen molar-refractivity contribution in [3.05, 3.63) is 23.8 Å². The van der Waals surface area contributed by atoms with Crippen molar-refractivity contribution in [1.29, 1.82) is 0 Å². The van der Waals surface area contributed by atoms with E-state index in [1.807, 2.05) is 12.1 Å². The Morgan fingerprint density at radius 1 is 1.16 bits per heavy atom. The van der Waals surface area contributed by atoms with E-state index in [9.17, 15) is 4.79 Å². The van der Waals surface area contributed by atoms with Gasteiger partial charge in [-0.15, -0.1) is 0 Å². The van der Waals surface area contributed by atoms with Crippen molar-refractivity contribution < 1.29 is 14.3 Å². The van der Waals surface area contributed by atoms with Crippen molar-refractivity contribution in [2.45, 2.75) is 44.6 Å². The first kappa shape index (κ1) is 16.7. The van der Waals surface area contributed by atoms with E-state index in [0.29, 0.717) is 31.5 Å².